The van der Waals surface area contributed by atoms with Crippen molar-refractivity contribution in [2.45, 2.75) is 5.88 Å². The molecule has 0 radical (unpaired) electrons. The number of alkyl halides is 1. The van der Waals surface area contributed by atoms with Gasteiger partial charge in [0.1, 0.15) is 11.6 Å². The van der Waals surface area contributed by atoms with Crippen LogP contribution in [0, 0.1) is 5.82 Å². The van der Waals surface area contributed by atoms with Crippen LogP contribution in [0.5, 0.6) is 0 Å². The van der Waals surface area contributed by atoms with E-state index in [-0.39, 0.29) is 11.7 Å². The van der Waals surface area contributed by atoms with E-state index in [1.807, 2.05) is 0 Å². The van der Waals surface area contributed by atoms with Crippen LogP contribution in [-0.2, 0) is 5.88 Å². The smallest absolute Gasteiger partial charge is 0.129 e. The number of hydrogen-bond acceptors (Lipinski definition) is 1. The Kier molecular flexibility index (Phi) is 3.59. The van der Waals surface area contributed by atoms with Gasteiger partial charge in [0.25, 0.3) is 0 Å². The Morgan fingerprint density at radius 3 is 2.60 bits per heavy atom. The SMILES string of the molecule is Fc1ccc2c(c1)nc(CCl)n2-c1ccc(Cl)cc1Cl. The summed E-state index contributed by atoms with van der Waals surface area (Å²) >= 11 is 18.1. The van der Waals surface area contributed by atoms with Crippen molar-refractivity contribution >= 4 is 45.8 Å². The zero-order valence-electron chi connectivity index (χ0n) is 10.1. The second kappa shape index (κ2) is 5.24. The molecule has 0 aliphatic rings. The third-order valence-corrected chi connectivity index (χ3v) is 3.73. The van der Waals surface area contributed by atoms with Crippen LogP contribution in [0.25, 0.3) is 16.7 Å². The molecule has 0 amide bonds. The van der Waals surface area contributed by atoms with E-state index in [9.17, 15) is 4.39 Å². The molecule has 0 saturated carbocycles. The van der Waals surface area contributed by atoms with E-state index >= 15 is 0 Å². The number of rotatable bonds is 2. The number of halogens is 4. The van der Waals surface area contributed by atoms with Crippen LogP contribution in [0.15, 0.2) is 36.4 Å². The average Bonchev–Trinajstić information content (AvgIpc) is 2.76. The van der Waals surface area contributed by atoms with Crippen LogP contribution in [-0.4, -0.2) is 9.55 Å². The lowest BCUT2D eigenvalue weighted by Crippen LogP contribution is -2.00. The number of nitrogens with zero attached hydrogens (tertiary/aromatic N) is 2. The van der Waals surface area contributed by atoms with Gasteiger partial charge in [0, 0.05) is 11.1 Å². The van der Waals surface area contributed by atoms with E-state index in [1.165, 1.54) is 12.1 Å². The molecule has 3 aromatic rings. The highest BCUT2D eigenvalue weighted by Gasteiger charge is 2.14. The minimum atomic E-state index is -0.342. The van der Waals surface area contributed by atoms with Crippen molar-refractivity contribution < 1.29 is 4.39 Å². The van der Waals surface area contributed by atoms with Crippen LogP contribution in [0.1, 0.15) is 5.82 Å². The van der Waals surface area contributed by atoms with Crippen LogP contribution >= 0.6 is 34.8 Å². The lowest BCUT2D eigenvalue weighted by Gasteiger charge is -2.10. The molecular weight excluding hydrogens is 322 g/mol. The number of benzene rings is 2. The number of fused-ring (bicyclic) bond motifs is 1. The minimum absolute atomic E-state index is 0.190. The molecular formula is C14H8Cl3FN2. The molecule has 0 unspecified atom stereocenters. The van der Waals surface area contributed by atoms with E-state index in [0.29, 0.717) is 27.1 Å². The van der Waals surface area contributed by atoms with Crippen molar-refractivity contribution in [3.8, 4) is 5.69 Å². The molecule has 102 valence electrons. The summed E-state index contributed by atoms with van der Waals surface area (Å²) in [6.07, 6.45) is 0. The Bertz CT molecular complexity index is 798. The predicted octanol–water partition coefficient (Wildman–Crippen LogP) is 5.21. The minimum Gasteiger partial charge on any atom is -0.294 e. The Morgan fingerprint density at radius 2 is 1.90 bits per heavy atom. The Balaban J connectivity index is 2.34. The maximum atomic E-state index is 13.3. The molecule has 3 rings (SSSR count). The maximum absolute atomic E-state index is 13.3. The monoisotopic (exact) mass is 328 g/mol. The van der Waals surface area contributed by atoms with E-state index in [2.05, 4.69) is 4.98 Å². The van der Waals surface area contributed by atoms with E-state index in [4.69, 9.17) is 34.8 Å². The first-order valence-electron chi connectivity index (χ1n) is 5.78. The van der Waals surface area contributed by atoms with Crippen molar-refractivity contribution in [2.75, 3.05) is 0 Å². The standard InChI is InChI=1S/C14H8Cl3FN2/c15-7-14-19-11-6-9(18)2-4-13(11)20(14)12-3-1-8(16)5-10(12)17/h1-6H,7H2. The summed E-state index contributed by atoms with van der Waals surface area (Å²) in [4.78, 5) is 4.33. The summed E-state index contributed by atoms with van der Waals surface area (Å²) < 4.78 is 15.1. The summed E-state index contributed by atoms with van der Waals surface area (Å²) in [7, 11) is 0. The fourth-order valence-corrected chi connectivity index (χ4v) is 2.80. The van der Waals surface area contributed by atoms with Crippen molar-refractivity contribution in [1.82, 2.24) is 9.55 Å². The van der Waals surface area contributed by atoms with Crippen molar-refractivity contribution in [2.24, 2.45) is 0 Å². The van der Waals surface area contributed by atoms with Gasteiger partial charge in [-0.2, -0.15) is 0 Å². The third-order valence-electron chi connectivity index (χ3n) is 2.96. The molecule has 1 heterocycles. The largest absolute Gasteiger partial charge is 0.294 e. The summed E-state index contributed by atoms with van der Waals surface area (Å²) in [6, 6.07) is 9.56. The molecule has 0 fully saturated rings. The Labute approximate surface area is 129 Å². The number of hydrogen-bond donors (Lipinski definition) is 0. The molecule has 6 heteroatoms. The van der Waals surface area contributed by atoms with Gasteiger partial charge in [0.2, 0.25) is 0 Å². The van der Waals surface area contributed by atoms with Crippen LogP contribution in [0.2, 0.25) is 10.0 Å². The molecule has 0 aliphatic heterocycles. The Hall–Kier alpha value is -1.29. The fourth-order valence-electron chi connectivity index (χ4n) is 2.12. The number of aromatic nitrogens is 2. The summed E-state index contributed by atoms with van der Waals surface area (Å²) in [5.41, 5.74) is 1.98. The molecule has 0 aliphatic carbocycles. The van der Waals surface area contributed by atoms with Gasteiger partial charge in [-0.05, 0) is 30.3 Å². The fraction of sp³-hybridized carbons (Fsp3) is 0.0714. The second-order valence-corrected chi connectivity index (χ2v) is 5.34. The van der Waals surface area contributed by atoms with Gasteiger partial charge in [0.05, 0.1) is 27.6 Å². The molecule has 2 aromatic carbocycles. The molecule has 20 heavy (non-hydrogen) atoms. The summed E-state index contributed by atoms with van der Waals surface area (Å²) in [5, 5.41) is 1.02. The quantitative estimate of drug-likeness (QED) is 0.590. The lowest BCUT2D eigenvalue weighted by atomic mass is 10.2. The third kappa shape index (κ3) is 2.26. The topological polar surface area (TPSA) is 17.8 Å². The molecule has 0 atom stereocenters. The highest BCUT2D eigenvalue weighted by Crippen LogP contribution is 2.29. The van der Waals surface area contributed by atoms with Crippen LogP contribution in [0.3, 0.4) is 0 Å². The molecule has 0 N–H and O–H groups in total. The van der Waals surface area contributed by atoms with Gasteiger partial charge >= 0.3 is 0 Å². The lowest BCUT2D eigenvalue weighted by molar-refractivity contribution is 0.629. The van der Waals surface area contributed by atoms with Crippen LogP contribution < -0.4 is 0 Å². The van der Waals surface area contributed by atoms with Crippen molar-refractivity contribution in [3.05, 3.63) is 58.1 Å². The maximum Gasteiger partial charge on any atom is 0.129 e. The van der Waals surface area contributed by atoms with Gasteiger partial charge < -0.3 is 0 Å². The first kappa shape index (κ1) is 13.7. The highest BCUT2D eigenvalue weighted by atomic mass is 35.5. The highest BCUT2D eigenvalue weighted by molar-refractivity contribution is 6.35. The van der Waals surface area contributed by atoms with Gasteiger partial charge in [-0.3, -0.25) is 4.57 Å². The summed E-state index contributed by atoms with van der Waals surface area (Å²) in [5.74, 6) is 0.442. The zero-order valence-corrected chi connectivity index (χ0v) is 12.3. The predicted molar refractivity (Wildman–Crippen MR) is 80.6 cm³/mol. The van der Waals surface area contributed by atoms with Crippen LogP contribution in [0.4, 0.5) is 4.39 Å². The summed E-state index contributed by atoms with van der Waals surface area (Å²) in [6.45, 7) is 0. The van der Waals surface area contributed by atoms with E-state index in [1.54, 1.807) is 28.8 Å². The van der Waals surface area contributed by atoms with Gasteiger partial charge in [-0.25, -0.2) is 9.37 Å². The molecule has 0 spiro atoms. The van der Waals surface area contributed by atoms with Crippen molar-refractivity contribution in [3.63, 3.8) is 0 Å². The average molecular weight is 330 g/mol. The normalized spacial score (nSPS) is 11.2. The molecule has 2 nitrogen and oxygen atoms in total. The van der Waals surface area contributed by atoms with Gasteiger partial charge in [-0.1, -0.05) is 23.2 Å². The van der Waals surface area contributed by atoms with Gasteiger partial charge in [0.15, 0.2) is 0 Å². The van der Waals surface area contributed by atoms with E-state index < -0.39 is 0 Å². The van der Waals surface area contributed by atoms with Crippen molar-refractivity contribution in [1.29, 1.82) is 0 Å². The first-order valence-corrected chi connectivity index (χ1v) is 7.07. The Morgan fingerprint density at radius 1 is 1.10 bits per heavy atom. The molecule has 1 aromatic heterocycles. The number of imidazole rings is 1. The first-order chi connectivity index (χ1) is 9.60. The zero-order chi connectivity index (χ0) is 14.3. The van der Waals surface area contributed by atoms with E-state index in [0.717, 1.165) is 5.52 Å². The second-order valence-electron chi connectivity index (χ2n) is 4.23. The van der Waals surface area contributed by atoms with Gasteiger partial charge in [-0.15, -0.1) is 11.6 Å². The molecule has 0 bridgehead atoms. The molecule has 0 saturated heterocycles.